The van der Waals surface area contributed by atoms with Gasteiger partial charge in [-0.1, -0.05) is 23.3 Å². The fourth-order valence-corrected chi connectivity index (χ4v) is 1.41. The third-order valence-electron chi connectivity index (χ3n) is 2.20. The van der Waals surface area contributed by atoms with Crippen molar-refractivity contribution in [3.63, 3.8) is 0 Å². The van der Waals surface area contributed by atoms with Crippen LogP contribution in [-0.2, 0) is 4.79 Å². The molecular weight excluding hydrogens is 136 g/mol. The van der Waals surface area contributed by atoms with E-state index in [9.17, 15) is 4.79 Å². The predicted octanol–water partition coefficient (Wildman–Crippen LogP) is 2.49. The van der Waals surface area contributed by atoms with Crippen LogP contribution >= 0.6 is 0 Å². The van der Waals surface area contributed by atoms with Crippen molar-refractivity contribution in [2.75, 3.05) is 0 Å². The second kappa shape index (κ2) is 3.04. The molecule has 1 aliphatic rings. The van der Waals surface area contributed by atoms with Crippen LogP contribution in [-0.4, -0.2) is 5.78 Å². The number of rotatable bonds is 1. The maximum atomic E-state index is 11.1. The SMILES string of the molecule is CC(=O)C1CC(C)=CC=C1C. The Hall–Kier alpha value is -0.850. The highest BCUT2D eigenvalue weighted by atomic mass is 16.1. The lowest BCUT2D eigenvalue weighted by Gasteiger charge is -2.18. The minimum absolute atomic E-state index is 0.153. The fraction of sp³-hybridized carbons (Fsp3) is 0.500. The lowest BCUT2D eigenvalue weighted by Crippen LogP contribution is -2.14. The molecule has 0 aromatic carbocycles. The van der Waals surface area contributed by atoms with Gasteiger partial charge in [0.05, 0.1) is 0 Å². The molecule has 1 nitrogen and oxygen atoms in total. The smallest absolute Gasteiger partial charge is 0.137 e. The Morgan fingerprint density at radius 2 is 2.09 bits per heavy atom. The van der Waals surface area contributed by atoms with E-state index in [2.05, 4.69) is 13.0 Å². The van der Waals surface area contributed by atoms with Crippen LogP contribution in [0.2, 0.25) is 0 Å². The molecule has 0 bridgehead atoms. The van der Waals surface area contributed by atoms with E-state index in [1.165, 1.54) is 11.1 Å². The van der Waals surface area contributed by atoms with Crippen molar-refractivity contribution in [1.82, 2.24) is 0 Å². The van der Waals surface area contributed by atoms with Gasteiger partial charge in [0.2, 0.25) is 0 Å². The number of carbonyl (C=O) groups is 1. The molecule has 0 radical (unpaired) electrons. The lowest BCUT2D eigenvalue weighted by molar-refractivity contribution is -0.119. The summed E-state index contributed by atoms with van der Waals surface area (Å²) in [5, 5.41) is 0. The van der Waals surface area contributed by atoms with Crippen molar-refractivity contribution in [2.45, 2.75) is 27.2 Å². The zero-order chi connectivity index (χ0) is 8.43. The lowest BCUT2D eigenvalue weighted by atomic mass is 9.86. The molecule has 1 aliphatic carbocycles. The van der Waals surface area contributed by atoms with Gasteiger partial charge in [-0.3, -0.25) is 4.79 Å². The molecule has 0 heterocycles. The zero-order valence-corrected chi connectivity index (χ0v) is 7.35. The van der Waals surface area contributed by atoms with E-state index in [1.807, 2.05) is 13.0 Å². The van der Waals surface area contributed by atoms with Crippen molar-refractivity contribution in [3.8, 4) is 0 Å². The number of Topliss-reactive ketones (excluding diaryl/α,β-unsaturated/α-hetero) is 1. The van der Waals surface area contributed by atoms with Gasteiger partial charge in [0, 0.05) is 5.92 Å². The highest BCUT2D eigenvalue weighted by molar-refractivity contribution is 5.81. The first-order valence-corrected chi connectivity index (χ1v) is 3.95. The van der Waals surface area contributed by atoms with Crippen LogP contribution in [0.25, 0.3) is 0 Å². The van der Waals surface area contributed by atoms with Crippen LogP contribution in [0.5, 0.6) is 0 Å². The maximum Gasteiger partial charge on any atom is 0.137 e. The minimum Gasteiger partial charge on any atom is -0.299 e. The molecule has 1 heteroatoms. The maximum absolute atomic E-state index is 11.1. The van der Waals surface area contributed by atoms with Gasteiger partial charge in [-0.15, -0.1) is 0 Å². The van der Waals surface area contributed by atoms with Crippen LogP contribution in [0, 0.1) is 5.92 Å². The van der Waals surface area contributed by atoms with Crippen molar-refractivity contribution < 1.29 is 4.79 Å². The molecule has 0 amide bonds. The number of allylic oxidation sites excluding steroid dienone is 4. The molecule has 0 aliphatic heterocycles. The van der Waals surface area contributed by atoms with Crippen LogP contribution in [0.15, 0.2) is 23.3 Å². The van der Waals surface area contributed by atoms with E-state index in [0.717, 1.165) is 6.42 Å². The van der Waals surface area contributed by atoms with Gasteiger partial charge in [-0.25, -0.2) is 0 Å². The summed E-state index contributed by atoms with van der Waals surface area (Å²) in [6, 6.07) is 0. The molecule has 0 aromatic rings. The summed E-state index contributed by atoms with van der Waals surface area (Å²) in [5.74, 6) is 0.436. The fourth-order valence-electron chi connectivity index (χ4n) is 1.41. The van der Waals surface area contributed by atoms with Crippen LogP contribution < -0.4 is 0 Å². The Balaban J connectivity index is 2.81. The average molecular weight is 150 g/mol. The van der Waals surface area contributed by atoms with Crippen molar-refractivity contribution >= 4 is 5.78 Å². The van der Waals surface area contributed by atoms with Gasteiger partial charge < -0.3 is 0 Å². The van der Waals surface area contributed by atoms with Gasteiger partial charge in [0.1, 0.15) is 5.78 Å². The molecule has 1 rings (SSSR count). The summed E-state index contributed by atoms with van der Waals surface area (Å²) in [5.41, 5.74) is 2.50. The average Bonchev–Trinajstić information content (AvgIpc) is 1.94. The Bertz CT molecular complexity index is 233. The van der Waals surface area contributed by atoms with E-state index in [0.29, 0.717) is 0 Å². The summed E-state index contributed by atoms with van der Waals surface area (Å²) in [7, 11) is 0. The van der Waals surface area contributed by atoms with E-state index in [4.69, 9.17) is 0 Å². The first kappa shape index (κ1) is 8.25. The van der Waals surface area contributed by atoms with E-state index >= 15 is 0 Å². The first-order valence-electron chi connectivity index (χ1n) is 3.95. The van der Waals surface area contributed by atoms with Gasteiger partial charge >= 0.3 is 0 Å². The van der Waals surface area contributed by atoms with Crippen LogP contribution in [0.4, 0.5) is 0 Å². The first-order chi connectivity index (χ1) is 5.11. The second-order valence-corrected chi connectivity index (χ2v) is 3.29. The molecule has 0 N–H and O–H groups in total. The molecule has 11 heavy (non-hydrogen) atoms. The quantitative estimate of drug-likeness (QED) is 0.561. The Morgan fingerprint density at radius 1 is 1.45 bits per heavy atom. The molecule has 0 saturated heterocycles. The van der Waals surface area contributed by atoms with Gasteiger partial charge in [0.25, 0.3) is 0 Å². The number of hydrogen-bond donors (Lipinski definition) is 0. The monoisotopic (exact) mass is 150 g/mol. The van der Waals surface area contributed by atoms with Crippen molar-refractivity contribution in [1.29, 1.82) is 0 Å². The number of hydrogen-bond acceptors (Lipinski definition) is 1. The predicted molar refractivity (Wildman–Crippen MR) is 46.3 cm³/mol. The van der Waals surface area contributed by atoms with Gasteiger partial charge in [-0.2, -0.15) is 0 Å². The second-order valence-electron chi connectivity index (χ2n) is 3.29. The van der Waals surface area contributed by atoms with Gasteiger partial charge in [0.15, 0.2) is 0 Å². The third kappa shape index (κ3) is 1.79. The summed E-state index contributed by atoms with van der Waals surface area (Å²) in [6.45, 7) is 5.76. The molecule has 0 fully saturated rings. The van der Waals surface area contributed by atoms with E-state index in [1.54, 1.807) is 6.92 Å². The van der Waals surface area contributed by atoms with Crippen LogP contribution in [0.1, 0.15) is 27.2 Å². The van der Waals surface area contributed by atoms with Crippen LogP contribution in [0.3, 0.4) is 0 Å². The molecule has 0 spiro atoms. The van der Waals surface area contributed by atoms with Crippen molar-refractivity contribution in [2.24, 2.45) is 5.92 Å². The van der Waals surface area contributed by atoms with Gasteiger partial charge in [-0.05, 0) is 27.2 Å². The summed E-state index contributed by atoms with van der Waals surface area (Å²) >= 11 is 0. The normalized spacial score (nSPS) is 24.1. The highest BCUT2D eigenvalue weighted by Gasteiger charge is 2.18. The number of ketones is 1. The number of carbonyl (C=O) groups excluding carboxylic acids is 1. The zero-order valence-electron chi connectivity index (χ0n) is 7.35. The largest absolute Gasteiger partial charge is 0.299 e. The third-order valence-corrected chi connectivity index (χ3v) is 2.20. The Kier molecular flexibility index (Phi) is 2.28. The summed E-state index contributed by atoms with van der Waals surface area (Å²) in [4.78, 5) is 11.1. The molecule has 60 valence electrons. The highest BCUT2D eigenvalue weighted by Crippen LogP contribution is 2.24. The molecule has 0 aromatic heterocycles. The Labute approximate surface area is 67.8 Å². The molecule has 1 atom stereocenters. The summed E-state index contributed by atoms with van der Waals surface area (Å²) < 4.78 is 0. The molecular formula is C10H14O. The standard InChI is InChI=1S/C10H14O/c1-7-4-5-8(2)10(6-7)9(3)11/h4-5,10H,6H2,1-3H3. The topological polar surface area (TPSA) is 17.1 Å². The Morgan fingerprint density at radius 3 is 2.55 bits per heavy atom. The van der Waals surface area contributed by atoms with E-state index < -0.39 is 0 Å². The molecule has 1 unspecified atom stereocenters. The van der Waals surface area contributed by atoms with Crippen molar-refractivity contribution in [3.05, 3.63) is 23.3 Å². The minimum atomic E-state index is 0.153. The van der Waals surface area contributed by atoms with E-state index in [-0.39, 0.29) is 11.7 Å². The molecule has 0 saturated carbocycles. The summed E-state index contributed by atoms with van der Waals surface area (Å²) in [6.07, 6.45) is 5.05.